The molecule has 1 aliphatic carbocycles. The van der Waals surface area contributed by atoms with E-state index in [9.17, 15) is 22.8 Å². The van der Waals surface area contributed by atoms with E-state index < -0.39 is 48.7 Å². The lowest BCUT2D eigenvalue weighted by Gasteiger charge is -2.36. The van der Waals surface area contributed by atoms with Crippen LogP contribution in [0.4, 0.5) is 19.0 Å². The van der Waals surface area contributed by atoms with Crippen LogP contribution >= 0.6 is 0 Å². The number of methoxy groups -OCH3 is 1. The molecule has 2 aliphatic rings. The summed E-state index contributed by atoms with van der Waals surface area (Å²) in [7, 11) is 1.35. The highest BCUT2D eigenvalue weighted by Crippen LogP contribution is 2.43. The number of carbonyl (C=O) groups excluding carboxylic acids is 2. The van der Waals surface area contributed by atoms with Crippen molar-refractivity contribution in [2.45, 2.75) is 37.9 Å². The van der Waals surface area contributed by atoms with Gasteiger partial charge in [0, 0.05) is 37.1 Å². The molecule has 36 heavy (non-hydrogen) atoms. The lowest BCUT2D eigenvalue weighted by Crippen LogP contribution is -2.47. The first kappa shape index (κ1) is 23.8. The first-order chi connectivity index (χ1) is 17.1. The average molecular weight is 503 g/mol. The number of pyridine rings is 1. The van der Waals surface area contributed by atoms with E-state index in [0.29, 0.717) is 22.6 Å². The third-order valence-corrected chi connectivity index (χ3v) is 6.67. The normalized spacial score (nSPS) is 21.4. The number of hydrogen-bond acceptors (Lipinski definition) is 7. The predicted octanol–water partition coefficient (Wildman–Crippen LogP) is 2.01. The van der Waals surface area contributed by atoms with E-state index in [1.807, 2.05) is 13.0 Å². The van der Waals surface area contributed by atoms with E-state index in [0.717, 1.165) is 5.56 Å². The number of fused-ring (bicyclic) bond motifs is 1. The molecular formula is C23H24F3N7O3. The zero-order valence-electron chi connectivity index (χ0n) is 19.5. The van der Waals surface area contributed by atoms with Gasteiger partial charge in [0.2, 0.25) is 17.7 Å². The van der Waals surface area contributed by atoms with Crippen molar-refractivity contribution >= 4 is 23.1 Å². The topological polar surface area (TPSA) is 128 Å². The van der Waals surface area contributed by atoms with Crippen LogP contribution in [-0.4, -0.2) is 74.6 Å². The average Bonchev–Trinajstić information content (AvgIpc) is 3.36. The van der Waals surface area contributed by atoms with Crippen LogP contribution < -0.4 is 15.8 Å². The molecule has 3 aromatic heterocycles. The van der Waals surface area contributed by atoms with Gasteiger partial charge < -0.3 is 20.7 Å². The Kier molecular flexibility index (Phi) is 5.72. The molecule has 2 amide bonds. The molecule has 1 saturated carbocycles. The van der Waals surface area contributed by atoms with Gasteiger partial charge in [0.05, 0.1) is 25.4 Å². The molecule has 2 unspecified atom stereocenters. The number of likely N-dealkylation sites (tertiary alicyclic amines) is 1. The van der Waals surface area contributed by atoms with Crippen molar-refractivity contribution < 1.29 is 27.5 Å². The third-order valence-electron chi connectivity index (χ3n) is 6.67. The number of nitrogens with two attached hydrogens (primary N) is 1. The summed E-state index contributed by atoms with van der Waals surface area (Å²) in [5, 5.41) is 6.84. The largest absolute Gasteiger partial charge is 0.480 e. The Morgan fingerprint density at radius 1 is 1.22 bits per heavy atom. The van der Waals surface area contributed by atoms with Crippen molar-refractivity contribution in [3.63, 3.8) is 0 Å². The van der Waals surface area contributed by atoms with Gasteiger partial charge in [-0.05, 0) is 24.6 Å². The Hall–Kier alpha value is -3.90. The molecule has 0 spiro atoms. The standard InChI is InChI=1S/C23H24F3N7O3/c1-11-3-17(33-18(11)19(27)29-10-30-33)12-4-14(21(36-2)28-7-12)20(34)31-16-9-32(8-15(16)24)22(35)13-5-23(25,26)6-13/h3-4,7,10,13,15-16H,5-6,8-9H2,1-2H3,(H,31,34)(H2,27,29,30). The fourth-order valence-electron chi connectivity index (χ4n) is 4.80. The number of halogens is 3. The second-order valence-corrected chi connectivity index (χ2v) is 9.20. The van der Waals surface area contributed by atoms with E-state index in [1.165, 1.54) is 24.5 Å². The SMILES string of the molecule is COc1ncc(-c2cc(C)c3c(N)ncnn23)cc1C(=O)NC1CN(C(=O)C2CC(F)(F)C2)CC1F. The van der Waals surface area contributed by atoms with Gasteiger partial charge in [-0.2, -0.15) is 5.10 Å². The summed E-state index contributed by atoms with van der Waals surface area (Å²) < 4.78 is 47.8. The zero-order chi connectivity index (χ0) is 25.8. The Morgan fingerprint density at radius 2 is 1.97 bits per heavy atom. The fourth-order valence-corrected chi connectivity index (χ4v) is 4.80. The molecule has 0 radical (unpaired) electrons. The number of aryl methyl sites for hydroxylation is 1. The number of carbonyl (C=O) groups is 2. The molecule has 13 heteroatoms. The highest BCUT2D eigenvalue weighted by atomic mass is 19.3. The molecule has 2 atom stereocenters. The predicted molar refractivity (Wildman–Crippen MR) is 122 cm³/mol. The minimum atomic E-state index is -2.85. The molecular weight excluding hydrogens is 479 g/mol. The maximum atomic E-state index is 14.7. The van der Waals surface area contributed by atoms with Gasteiger partial charge in [0.1, 0.15) is 23.6 Å². The quantitative estimate of drug-likeness (QED) is 0.545. The first-order valence-electron chi connectivity index (χ1n) is 11.3. The second kappa shape index (κ2) is 8.64. The van der Waals surface area contributed by atoms with E-state index in [1.54, 1.807) is 10.6 Å². The Bertz CT molecular complexity index is 1350. The summed E-state index contributed by atoms with van der Waals surface area (Å²) in [4.78, 5) is 35.0. The summed E-state index contributed by atoms with van der Waals surface area (Å²) in [6, 6.07) is 2.37. The summed E-state index contributed by atoms with van der Waals surface area (Å²) in [6.07, 6.45) is 0.219. The number of aromatic nitrogens is 4. The number of anilines is 1. The molecule has 2 fully saturated rings. The third kappa shape index (κ3) is 4.07. The Morgan fingerprint density at radius 3 is 2.67 bits per heavy atom. The van der Waals surface area contributed by atoms with Crippen LogP contribution in [0.5, 0.6) is 5.88 Å². The van der Waals surface area contributed by atoms with E-state index in [2.05, 4.69) is 20.4 Å². The second-order valence-electron chi connectivity index (χ2n) is 9.20. The summed E-state index contributed by atoms with van der Waals surface area (Å²) in [5.41, 5.74) is 8.63. The molecule has 0 bridgehead atoms. The van der Waals surface area contributed by atoms with Crippen molar-refractivity contribution in [2.75, 3.05) is 25.9 Å². The van der Waals surface area contributed by atoms with E-state index >= 15 is 0 Å². The van der Waals surface area contributed by atoms with Gasteiger partial charge in [-0.15, -0.1) is 0 Å². The number of nitrogens with zero attached hydrogens (tertiary/aromatic N) is 5. The molecule has 10 nitrogen and oxygen atoms in total. The maximum Gasteiger partial charge on any atom is 0.257 e. The van der Waals surface area contributed by atoms with Crippen LogP contribution in [0.2, 0.25) is 0 Å². The summed E-state index contributed by atoms with van der Waals surface area (Å²) >= 11 is 0. The smallest absolute Gasteiger partial charge is 0.257 e. The van der Waals surface area contributed by atoms with Gasteiger partial charge >= 0.3 is 0 Å². The van der Waals surface area contributed by atoms with Crippen molar-refractivity contribution in [3.8, 4) is 17.1 Å². The number of nitrogen functional groups attached to an aromatic ring is 1. The van der Waals surface area contributed by atoms with Gasteiger partial charge in [-0.1, -0.05) is 0 Å². The number of amides is 2. The molecule has 4 heterocycles. The van der Waals surface area contributed by atoms with Crippen LogP contribution in [0.15, 0.2) is 24.7 Å². The van der Waals surface area contributed by atoms with Gasteiger partial charge in [-0.3, -0.25) is 9.59 Å². The van der Waals surface area contributed by atoms with Crippen LogP contribution in [0.25, 0.3) is 16.8 Å². The van der Waals surface area contributed by atoms with Gasteiger partial charge in [-0.25, -0.2) is 27.7 Å². The Balaban J connectivity index is 1.37. The number of alkyl halides is 3. The molecule has 190 valence electrons. The first-order valence-corrected chi connectivity index (χ1v) is 11.3. The number of hydrogen-bond donors (Lipinski definition) is 2. The lowest BCUT2D eigenvalue weighted by molar-refractivity contribution is -0.159. The highest BCUT2D eigenvalue weighted by Gasteiger charge is 2.51. The monoisotopic (exact) mass is 503 g/mol. The molecule has 1 saturated heterocycles. The number of rotatable bonds is 5. The lowest BCUT2D eigenvalue weighted by atomic mass is 9.80. The summed E-state index contributed by atoms with van der Waals surface area (Å²) in [5.74, 6) is -4.50. The van der Waals surface area contributed by atoms with E-state index in [4.69, 9.17) is 10.5 Å². The maximum absolute atomic E-state index is 14.7. The van der Waals surface area contributed by atoms with Crippen molar-refractivity contribution in [1.82, 2.24) is 29.8 Å². The molecule has 3 aromatic rings. The van der Waals surface area contributed by atoms with Gasteiger partial charge in [0.15, 0.2) is 5.82 Å². The minimum absolute atomic E-state index is 0.0287. The van der Waals surface area contributed by atoms with Crippen LogP contribution in [0.3, 0.4) is 0 Å². The molecule has 0 aromatic carbocycles. The number of nitrogens with one attached hydrogen (secondary N) is 1. The zero-order valence-corrected chi connectivity index (χ0v) is 19.5. The van der Waals surface area contributed by atoms with Crippen LogP contribution in [-0.2, 0) is 4.79 Å². The summed E-state index contributed by atoms with van der Waals surface area (Å²) in [6.45, 7) is 1.47. The van der Waals surface area contributed by atoms with Crippen molar-refractivity contribution in [2.24, 2.45) is 5.92 Å². The van der Waals surface area contributed by atoms with Gasteiger partial charge in [0.25, 0.3) is 5.91 Å². The molecule has 3 N–H and O–H groups in total. The molecule has 1 aliphatic heterocycles. The highest BCUT2D eigenvalue weighted by molar-refractivity contribution is 5.98. The van der Waals surface area contributed by atoms with Crippen molar-refractivity contribution in [1.29, 1.82) is 0 Å². The van der Waals surface area contributed by atoms with E-state index in [-0.39, 0.29) is 24.5 Å². The van der Waals surface area contributed by atoms with Crippen LogP contribution in [0, 0.1) is 12.8 Å². The van der Waals surface area contributed by atoms with Crippen molar-refractivity contribution in [3.05, 3.63) is 35.8 Å². The fraction of sp³-hybridized carbons (Fsp3) is 0.435. The van der Waals surface area contributed by atoms with Crippen LogP contribution in [0.1, 0.15) is 28.8 Å². The Labute approximate surface area is 203 Å². The molecule has 5 rings (SSSR count). The minimum Gasteiger partial charge on any atom is -0.480 e. The number of ether oxygens (including phenoxy) is 1.